The molecule has 0 unspecified atom stereocenters. The maximum atomic E-state index is 13.7. The van der Waals surface area contributed by atoms with Gasteiger partial charge in [-0.2, -0.15) is 4.98 Å². The van der Waals surface area contributed by atoms with E-state index < -0.39 is 0 Å². The van der Waals surface area contributed by atoms with Crippen molar-refractivity contribution in [3.05, 3.63) is 47.4 Å². The van der Waals surface area contributed by atoms with Crippen molar-refractivity contribution in [1.29, 1.82) is 0 Å². The quantitative estimate of drug-likeness (QED) is 0.811. The molecule has 25 heavy (non-hydrogen) atoms. The summed E-state index contributed by atoms with van der Waals surface area (Å²) in [5, 5.41) is 3.18. The molecule has 1 fully saturated rings. The Hall–Kier alpha value is -2.70. The van der Waals surface area contributed by atoms with E-state index in [0.29, 0.717) is 37.6 Å². The molecular formula is C18H22FN5O. The molecule has 132 valence electrons. The van der Waals surface area contributed by atoms with Gasteiger partial charge in [-0.1, -0.05) is 18.2 Å². The largest absolute Gasteiger partial charge is 0.354 e. The minimum atomic E-state index is -0.191. The van der Waals surface area contributed by atoms with Crippen LogP contribution in [-0.4, -0.2) is 54.0 Å². The maximum Gasteiger partial charge on any atom is 0.224 e. The van der Waals surface area contributed by atoms with Crippen molar-refractivity contribution in [2.45, 2.75) is 13.3 Å². The second kappa shape index (κ2) is 7.92. The van der Waals surface area contributed by atoms with Gasteiger partial charge in [0.2, 0.25) is 12.4 Å². The van der Waals surface area contributed by atoms with Crippen LogP contribution in [0.15, 0.2) is 30.3 Å². The lowest BCUT2D eigenvalue weighted by molar-refractivity contribution is -0.118. The maximum absolute atomic E-state index is 13.7. The number of hydrogen-bond donors (Lipinski definition) is 1. The van der Waals surface area contributed by atoms with Crippen LogP contribution in [0.1, 0.15) is 11.3 Å². The molecule has 0 bridgehead atoms. The number of anilines is 2. The molecule has 1 N–H and O–H groups in total. The van der Waals surface area contributed by atoms with Crippen molar-refractivity contribution >= 4 is 18.2 Å². The number of aromatic nitrogens is 2. The van der Waals surface area contributed by atoms with Crippen LogP contribution >= 0.6 is 0 Å². The summed E-state index contributed by atoms with van der Waals surface area (Å²) >= 11 is 0. The van der Waals surface area contributed by atoms with Gasteiger partial charge in [-0.25, -0.2) is 9.37 Å². The Labute approximate surface area is 146 Å². The summed E-state index contributed by atoms with van der Waals surface area (Å²) in [6.45, 7) is 5.39. The average Bonchev–Trinajstić information content (AvgIpc) is 2.63. The molecule has 1 aliphatic heterocycles. The highest BCUT2D eigenvalue weighted by molar-refractivity contribution is 5.50. The zero-order chi connectivity index (χ0) is 17.6. The van der Waals surface area contributed by atoms with E-state index in [-0.39, 0.29) is 5.82 Å². The fraction of sp³-hybridized carbons (Fsp3) is 0.389. The van der Waals surface area contributed by atoms with E-state index in [0.717, 1.165) is 31.0 Å². The van der Waals surface area contributed by atoms with Gasteiger partial charge in [0.25, 0.3) is 0 Å². The Bertz CT molecular complexity index is 731. The van der Waals surface area contributed by atoms with Crippen LogP contribution in [0.5, 0.6) is 0 Å². The Kier molecular flexibility index (Phi) is 5.42. The molecule has 1 aliphatic rings. The highest BCUT2D eigenvalue weighted by Gasteiger charge is 2.17. The summed E-state index contributed by atoms with van der Waals surface area (Å²) in [6, 6.07) is 8.71. The Balaban J connectivity index is 1.62. The molecule has 2 aromatic rings. The lowest BCUT2D eigenvalue weighted by Gasteiger charge is -2.33. The molecule has 7 heteroatoms. The van der Waals surface area contributed by atoms with Gasteiger partial charge in [0.05, 0.1) is 0 Å². The highest BCUT2D eigenvalue weighted by atomic mass is 19.1. The summed E-state index contributed by atoms with van der Waals surface area (Å²) in [7, 11) is 0. The van der Waals surface area contributed by atoms with E-state index in [2.05, 4.69) is 20.2 Å². The topological polar surface area (TPSA) is 61.4 Å². The normalized spacial score (nSPS) is 14.5. The standard InChI is InChI=1S/C18H22FN5O/c1-14-12-17(24-10-8-23(13-25)9-11-24)22-18(21-14)20-7-6-15-4-2-3-5-16(15)19/h2-5,12-13H,6-11H2,1H3,(H,20,21,22). The zero-order valence-electron chi connectivity index (χ0n) is 14.3. The first-order valence-corrected chi connectivity index (χ1v) is 8.43. The molecule has 0 spiro atoms. The predicted octanol–water partition coefficient (Wildman–Crippen LogP) is 1.86. The first-order valence-electron chi connectivity index (χ1n) is 8.43. The molecular weight excluding hydrogens is 321 g/mol. The summed E-state index contributed by atoms with van der Waals surface area (Å²) in [6.07, 6.45) is 1.45. The Morgan fingerprint density at radius 2 is 1.96 bits per heavy atom. The van der Waals surface area contributed by atoms with Gasteiger partial charge < -0.3 is 15.1 Å². The van der Waals surface area contributed by atoms with Crippen molar-refractivity contribution in [3.63, 3.8) is 0 Å². The Morgan fingerprint density at radius 1 is 1.20 bits per heavy atom. The molecule has 1 aromatic carbocycles. The zero-order valence-corrected chi connectivity index (χ0v) is 14.3. The fourth-order valence-corrected chi connectivity index (χ4v) is 2.86. The van der Waals surface area contributed by atoms with Crippen LogP contribution in [0.4, 0.5) is 16.2 Å². The van der Waals surface area contributed by atoms with E-state index in [9.17, 15) is 9.18 Å². The summed E-state index contributed by atoms with van der Waals surface area (Å²) in [4.78, 5) is 23.7. The van der Waals surface area contributed by atoms with Crippen molar-refractivity contribution in [1.82, 2.24) is 14.9 Å². The lowest BCUT2D eigenvalue weighted by Crippen LogP contribution is -2.46. The number of halogens is 1. The molecule has 2 heterocycles. The summed E-state index contributed by atoms with van der Waals surface area (Å²) in [5.41, 5.74) is 1.55. The molecule has 0 atom stereocenters. The SMILES string of the molecule is Cc1cc(N2CCN(C=O)CC2)nc(NCCc2ccccc2F)n1. The van der Waals surface area contributed by atoms with Crippen molar-refractivity contribution in [2.24, 2.45) is 0 Å². The van der Waals surface area contributed by atoms with Crippen LogP contribution in [0.2, 0.25) is 0 Å². The number of hydrogen-bond acceptors (Lipinski definition) is 5. The highest BCUT2D eigenvalue weighted by Crippen LogP contribution is 2.17. The fourth-order valence-electron chi connectivity index (χ4n) is 2.86. The number of aryl methyl sites for hydroxylation is 1. The van der Waals surface area contributed by atoms with Crippen molar-refractivity contribution < 1.29 is 9.18 Å². The molecule has 1 aromatic heterocycles. The number of nitrogens with one attached hydrogen (secondary N) is 1. The van der Waals surface area contributed by atoms with Crippen molar-refractivity contribution in [3.8, 4) is 0 Å². The van der Waals surface area contributed by atoms with Crippen LogP contribution in [0, 0.1) is 12.7 Å². The third kappa shape index (κ3) is 4.43. The molecule has 0 aliphatic carbocycles. The number of rotatable bonds is 6. The number of carbonyl (C=O) groups is 1. The Morgan fingerprint density at radius 3 is 2.68 bits per heavy atom. The number of piperazine rings is 1. The van der Waals surface area contributed by atoms with Gasteiger partial charge in [0.1, 0.15) is 11.6 Å². The van der Waals surface area contributed by atoms with Gasteiger partial charge in [-0.05, 0) is 25.0 Å². The van der Waals surface area contributed by atoms with E-state index >= 15 is 0 Å². The number of benzene rings is 1. The summed E-state index contributed by atoms with van der Waals surface area (Å²) in [5.74, 6) is 1.21. The minimum absolute atomic E-state index is 0.191. The van der Waals surface area contributed by atoms with Gasteiger partial charge in [-0.15, -0.1) is 0 Å². The monoisotopic (exact) mass is 343 g/mol. The second-order valence-corrected chi connectivity index (χ2v) is 6.09. The van der Waals surface area contributed by atoms with E-state index in [4.69, 9.17) is 0 Å². The van der Waals surface area contributed by atoms with Gasteiger partial charge in [0, 0.05) is 44.5 Å². The van der Waals surface area contributed by atoms with Crippen molar-refractivity contribution in [2.75, 3.05) is 42.9 Å². The van der Waals surface area contributed by atoms with Crippen LogP contribution in [-0.2, 0) is 11.2 Å². The van der Waals surface area contributed by atoms with Gasteiger partial charge in [0.15, 0.2) is 0 Å². The van der Waals surface area contributed by atoms with E-state index in [1.54, 1.807) is 17.0 Å². The first-order chi connectivity index (χ1) is 12.2. The lowest BCUT2D eigenvalue weighted by atomic mass is 10.1. The number of amides is 1. The van der Waals surface area contributed by atoms with Crippen LogP contribution < -0.4 is 10.2 Å². The second-order valence-electron chi connectivity index (χ2n) is 6.09. The van der Waals surface area contributed by atoms with E-state index in [1.807, 2.05) is 19.1 Å². The molecule has 1 saturated heterocycles. The third-order valence-electron chi connectivity index (χ3n) is 4.26. The molecule has 0 saturated carbocycles. The van der Waals surface area contributed by atoms with Crippen LogP contribution in [0.3, 0.4) is 0 Å². The average molecular weight is 343 g/mol. The van der Waals surface area contributed by atoms with E-state index in [1.165, 1.54) is 6.07 Å². The smallest absolute Gasteiger partial charge is 0.224 e. The summed E-state index contributed by atoms with van der Waals surface area (Å²) < 4.78 is 13.7. The minimum Gasteiger partial charge on any atom is -0.354 e. The molecule has 1 amide bonds. The third-order valence-corrected chi connectivity index (χ3v) is 4.26. The molecule has 6 nitrogen and oxygen atoms in total. The van der Waals surface area contributed by atoms with Gasteiger partial charge in [-0.3, -0.25) is 4.79 Å². The molecule has 0 radical (unpaired) electrons. The van der Waals surface area contributed by atoms with Gasteiger partial charge >= 0.3 is 0 Å². The number of carbonyl (C=O) groups excluding carboxylic acids is 1. The first kappa shape index (κ1) is 17.1. The number of nitrogens with zero attached hydrogens (tertiary/aromatic N) is 4. The molecule has 3 rings (SSSR count). The van der Waals surface area contributed by atoms with Crippen LogP contribution in [0.25, 0.3) is 0 Å². The predicted molar refractivity (Wildman–Crippen MR) is 95.2 cm³/mol.